The quantitative estimate of drug-likeness (QED) is 0.769. The highest BCUT2D eigenvalue weighted by Crippen LogP contribution is 2.27. The van der Waals surface area contributed by atoms with Gasteiger partial charge in [0.25, 0.3) is 5.91 Å². The molecular weight excluding hydrogens is 372 g/mol. The molecule has 1 saturated heterocycles. The lowest BCUT2D eigenvalue weighted by molar-refractivity contribution is -0.139. The summed E-state index contributed by atoms with van der Waals surface area (Å²) in [4.78, 5) is 27.2. The molecule has 1 atom stereocenters. The number of carbonyl (C=O) groups is 2. The van der Waals surface area contributed by atoms with Gasteiger partial charge in [0.1, 0.15) is 6.04 Å². The molecule has 5 nitrogen and oxygen atoms in total. The highest BCUT2D eigenvalue weighted by Gasteiger charge is 2.43. The fraction of sp³-hybridized carbons (Fsp3) is 0.211. The fourth-order valence-corrected chi connectivity index (χ4v) is 3.51. The van der Waals surface area contributed by atoms with E-state index in [-0.39, 0.29) is 12.3 Å². The van der Waals surface area contributed by atoms with Gasteiger partial charge in [-0.05, 0) is 48.5 Å². The molecule has 1 aliphatic heterocycles. The van der Waals surface area contributed by atoms with Crippen molar-refractivity contribution in [2.75, 3.05) is 11.4 Å². The number of halogens is 1. The minimum atomic E-state index is -1.03. The van der Waals surface area contributed by atoms with Crippen LogP contribution in [0.3, 0.4) is 0 Å². The van der Waals surface area contributed by atoms with Crippen molar-refractivity contribution in [1.29, 1.82) is 0 Å². The zero-order valence-corrected chi connectivity index (χ0v) is 15.4. The Bertz CT molecular complexity index is 826. The SMILES string of the molecule is O=C(O)CC1C(=O)N(c2ccccc2)C(=S)N1CCc1ccc(Cl)cc1. The van der Waals surface area contributed by atoms with Gasteiger partial charge >= 0.3 is 5.97 Å². The number of carboxylic acid groups (broad SMARTS) is 1. The topological polar surface area (TPSA) is 60.9 Å². The number of thiocarbonyl (C=S) groups is 1. The first-order valence-corrected chi connectivity index (χ1v) is 8.92. The number of para-hydroxylation sites is 1. The summed E-state index contributed by atoms with van der Waals surface area (Å²) in [6.07, 6.45) is 0.340. The molecule has 1 heterocycles. The van der Waals surface area contributed by atoms with Crippen LogP contribution in [0.25, 0.3) is 0 Å². The molecule has 3 rings (SSSR count). The Morgan fingerprint density at radius 1 is 1.12 bits per heavy atom. The molecule has 26 heavy (non-hydrogen) atoms. The van der Waals surface area contributed by atoms with Crippen molar-refractivity contribution in [2.45, 2.75) is 18.9 Å². The van der Waals surface area contributed by atoms with E-state index in [1.54, 1.807) is 29.2 Å². The van der Waals surface area contributed by atoms with Crippen LogP contribution < -0.4 is 4.90 Å². The van der Waals surface area contributed by atoms with Crippen LogP contribution in [0.5, 0.6) is 0 Å². The molecule has 0 aromatic heterocycles. The maximum absolute atomic E-state index is 12.8. The van der Waals surface area contributed by atoms with Gasteiger partial charge in [-0.15, -0.1) is 0 Å². The average molecular weight is 389 g/mol. The highest BCUT2D eigenvalue weighted by molar-refractivity contribution is 7.80. The molecule has 2 aromatic carbocycles. The molecule has 0 bridgehead atoms. The number of nitrogens with zero attached hydrogens (tertiary/aromatic N) is 2. The van der Waals surface area contributed by atoms with Crippen molar-refractivity contribution in [3.63, 3.8) is 0 Å². The van der Waals surface area contributed by atoms with Gasteiger partial charge in [-0.3, -0.25) is 14.5 Å². The van der Waals surface area contributed by atoms with Gasteiger partial charge in [0.2, 0.25) is 0 Å². The molecule has 0 radical (unpaired) electrons. The van der Waals surface area contributed by atoms with E-state index >= 15 is 0 Å². The highest BCUT2D eigenvalue weighted by atomic mass is 35.5. The van der Waals surface area contributed by atoms with Gasteiger partial charge in [0, 0.05) is 11.6 Å². The maximum Gasteiger partial charge on any atom is 0.305 e. The summed E-state index contributed by atoms with van der Waals surface area (Å²) in [6, 6.07) is 15.7. The van der Waals surface area contributed by atoms with E-state index in [0.717, 1.165) is 5.56 Å². The number of benzene rings is 2. The van der Waals surface area contributed by atoms with Gasteiger partial charge in [-0.1, -0.05) is 41.9 Å². The second-order valence-corrected chi connectivity index (χ2v) is 6.78. The molecule has 0 aliphatic carbocycles. The third-order valence-electron chi connectivity index (χ3n) is 4.26. The molecule has 0 spiro atoms. The van der Waals surface area contributed by atoms with Crippen molar-refractivity contribution < 1.29 is 14.7 Å². The summed E-state index contributed by atoms with van der Waals surface area (Å²) in [5, 5.41) is 10.2. The molecular formula is C19H17ClN2O3S. The van der Waals surface area contributed by atoms with E-state index in [1.165, 1.54) is 4.90 Å². The third kappa shape index (κ3) is 3.86. The minimum absolute atomic E-state index is 0.289. The summed E-state index contributed by atoms with van der Waals surface area (Å²) in [6.45, 7) is 0.452. The minimum Gasteiger partial charge on any atom is -0.481 e. The van der Waals surface area contributed by atoms with Crippen LogP contribution in [0.15, 0.2) is 54.6 Å². The lowest BCUT2D eigenvalue weighted by Crippen LogP contribution is -2.38. The summed E-state index contributed by atoms with van der Waals surface area (Å²) in [5.41, 5.74) is 1.68. The molecule has 0 saturated carbocycles. The Hall–Kier alpha value is -2.44. The van der Waals surface area contributed by atoms with Gasteiger partial charge < -0.3 is 10.0 Å². The van der Waals surface area contributed by atoms with Crippen molar-refractivity contribution in [1.82, 2.24) is 4.90 Å². The summed E-state index contributed by atoms with van der Waals surface area (Å²) in [7, 11) is 0. The molecule has 2 aromatic rings. The number of amides is 1. The van der Waals surface area contributed by atoms with Crippen LogP contribution >= 0.6 is 23.8 Å². The second kappa shape index (κ2) is 7.85. The zero-order chi connectivity index (χ0) is 18.7. The standard InChI is InChI=1S/C19H17ClN2O3S/c20-14-8-6-13(7-9-14)10-11-21-16(12-17(23)24)18(25)22(19(21)26)15-4-2-1-3-5-15/h1-9,16H,10-12H2,(H,23,24). The normalized spacial score (nSPS) is 17.0. The van der Waals surface area contributed by atoms with Gasteiger partial charge in [-0.2, -0.15) is 0 Å². The number of carboxylic acids is 1. The number of anilines is 1. The van der Waals surface area contributed by atoms with Crippen LogP contribution in [-0.2, 0) is 16.0 Å². The Morgan fingerprint density at radius 2 is 1.77 bits per heavy atom. The van der Waals surface area contributed by atoms with E-state index in [9.17, 15) is 14.7 Å². The smallest absolute Gasteiger partial charge is 0.305 e. The van der Waals surface area contributed by atoms with E-state index in [4.69, 9.17) is 23.8 Å². The fourth-order valence-electron chi connectivity index (χ4n) is 2.97. The number of rotatable bonds is 6. The first-order chi connectivity index (χ1) is 12.5. The maximum atomic E-state index is 12.8. The molecule has 1 fully saturated rings. The van der Waals surface area contributed by atoms with Crippen LogP contribution in [0.4, 0.5) is 5.69 Å². The van der Waals surface area contributed by atoms with Crippen LogP contribution in [0, 0.1) is 0 Å². The van der Waals surface area contributed by atoms with Crippen molar-refractivity contribution in [3.8, 4) is 0 Å². The molecule has 134 valence electrons. The largest absolute Gasteiger partial charge is 0.481 e. The first kappa shape index (κ1) is 18.4. The predicted molar refractivity (Wildman–Crippen MR) is 104 cm³/mol. The van der Waals surface area contributed by atoms with Crippen LogP contribution in [0.2, 0.25) is 5.02 Å². The number of carbonyl (C=O) groups excluding carboxylic acids is 1. The predicted octanol–water partition coefficient (Wildman–Crippen LogP) is 3.36. The average Bonchev–Trinajstić information content (AvgIpc) is 2.85. The van der Waals surface area contributed by atoms with Gasteiger partial charge in [0.05, 0.1) is 12.1 Å². The second-order valence-electron chi connectivity index (χ2n) is 5.98. The Morgan fingerprint density at radius 3 is 2.38 bits per heavy atom. The number of hydrogen-bond donors (Lipinski definition) is 1. The first-order valence-electron chi connectivity index (χ1n) is 8.13. The molecule has 1 amide bonds. The molecule has 1 N–H and O–H groups in total. The van der Waals surface area contributed by atoms with Gasteiger partial charge in [-0.25, -0.2) is 0 Å². The van der Waals surface area contributed by atoms with Crippen LogP contribution in [-0.4, -0.2) is 39.6 Å². The van der Waals surface area contributed by atoms with E-state index in [0.29, 0.717) is 28.8 Å². The molecule has 1 aliphatic rings. The van der Waals surface area contributed by atoms with E-state index in [2.05, 4.69) is 0 Å². The lowest BCUT2D eigenvalue weighted by Gasteiger charge is -2.23. The molecule has 1 unspecified atom stereocenters. The zero-order valence-electron chi connectivity index (χ0n) is 13.8. The third-order valence-corrected chi connectivity index (χ3v) is 4.92. The summed E-state index contributed by atoms with van der Waals surface area (Å²) >= 11 is 11.4. The Kier molecular flexibility index (Phi) is 5.54. The van der Waals surface area contributed by atoms with Crippen molar-refractivity contribution in [2.24, 2.45) is 0 Å². The Labute approximate surface area is 161 Å². The van der Waals surface area contributed by atoms with E-state index < -0.39 is 12.0 Å². The van der Waals surface area contributed by atoms with Crippen molar-refractivity contribution in [3.05, 3.63) is 65.2 Å². The Balaban J connectivity index is 1.83. The van der Waals surface area contributed by atoms with Gasteiger partial charge in [0.15, 0.2) is 5.11 Å². The number of hydrogen-bond acceptors (Lipinski definition) is 3. The van der Waals surface area contributed by atoms with Crippen molar-refractivity contribution >= 4 is 46.5 Å². The lowest BCUT2D eigenvalue weighted by atomic mass is 10.1. The van der Waals surface area contributed by atoms with Crippen LogP contribution in [0.1, 0.15) is 12.0 Å². The summed E-state index contributed by atoms with van der Waals surface area (Å²) in [5.74, 6) is -1.34. The monoisotopic (exact) mass is 388 g/mol. The van der Waals surface area contributed by atoms with E-state index in [1.807, 2.05) is 30.3 Å². The summed E-state index contributed by atoms with van der Waals surface area (Å²) < 4.78 is 0. The molecule has 7 heteroatoms. The number of aliphatic carboxylic acids is 1.